The Morgan fingerprint density at radius 3 is 2.45 bits per heavy atom. The van der Waals surface area contributed by atoms with Gasteiger partial charge in [0.15, 0.2) is 0 Å². The molecule has 2 aromatic carbocycles. The number of benzene rings is 2. The number of carbonyl (C=O) groups excluding carboxylic acids is 3. The van der Waals surface area contributed by atoms with E-state index < -0.39 is 5.97 Å². The molecule has 3 rings (SSSR count). The van der Waals surface area contributed by atoms with Crippen LogP contribution in [0.2, 0.25) is 0 Å². The van der Waals surface area contributed by atoms with Gasteiger partial charge in [0.25, 0.3) is 5.91 Å². The fraction of sp³-hybridized carbons (Fsp3) is 0.318. The summed E-state index contributed by atoms with van der Waals surface area (Å²) in [6, 6.07) is 14.3. The number of carbonyl (C=O) groups is 3. The fourth-order valence-corrected chi connectivity index (χ4v) is 3.75. The number of halogens is 1. The summed E-state index contributed by atoms with van der Waals surface area (Å²) in [5.74, 6) is -0.144. The minimum absolute atomic E-state index is 0.0584. The van der Waals surface area contributed by atoms with Crippen LogP contribution in [0.15, 0.2) is 53.0 Å². The Kier molecular flexibility index (Phi) is 7.04. The molecule has 0 saturated carbocycles. The molecule has 2 amide bonds. The van der Waals surface area contributed by atoms with Gasteiger partial charge in [-0.1, -0.05) is 40.2 Å². The predicted octanol–water partition coefficient (Wildman–Crippen LogP) is 3.29. The van der Waals surface area contributed by atoms with Crippen molar-refractivity contribution in [2.75, 3.05) is 26.2 Å². The fourth-order valence-electron chi connectivity index (χ4n) is 3.33. The molecule has 0 bridgehead atoms. The lowest BCUT2D eigenvalue weighted by Gasteiger charge is -2.22. The summed E-state index contributed by atoms with van der Waals surface area (Å²) < 4.78 is 5.99. The van der Waals surface area contributed by atoms with Gasteiger partial charge in [0, 0.05) is 43.1 Å². The standard InChI is InChI=1S/C22H23BrN2O4/c1-16(26)29-19-8-4-7-18(14-19)22(28)25-11-5-10-24(12-13-25)21(27)15-17-6-2-3-9-20(17)23/h2-4,6-9,14H,5,10-13,15H2,1H3. The minimum atomic E-state index is -0.427. The van der Waals surface area contributed by atoms with E-state index in [0.717, 1.165) is 16.5 Å². The van der Waals surface area contributed by atoms with Gasteiger partial charge >= 0.3 is 5.97 Å². The zero-order valence-corrected chi connectivity index (χ0v) is 17.9. The molecule has 1 aliphatic rings. The van der Waals surface area contributed by atoms with Gasteiger partial charge in [0.05, 0.1) is 6.42 Å². The van der Waals surface area contributed by atoms with Crippen LogP contribution >= 0.6 is 15.9 Å². The number of rotatable bonds is 4. The normalized spacial score (nSPS) is 14.3. The van der Waals surface area contributed by atoms with Crippen molar-refractivity contribution in [1.82, 2.24) is 9.80 Å². The van der Waals surface area contributed by atoms with Crippen molar-refractivity contribution in [3.05, 3.63) is 64.1 Å². The molecule has 29 heavy (non-hydrogen) atoms. The van der Waals surface area contributed by atoms with Crippen LogP contribution in [0, 0.1) is 0 Å². The molecule has 0 N–H and O–H groups in total. The van der Waals surface area contributed by atoms with E-state index in [0.29, 0.717) is 43.9 Å². The quantitative estimate of drug-likeness (QED) is 0.520. The summed E-state index contributed by atoms with van der Waals surface area (Å²) in [7, 11) is 0. The zero-order valence-electron chi connectivity index (χ0n) is 16.3. The molecule has 1 aliphatic heterocycles. The molecular weight excluding hydrogens is 436 g/mol. The second kappa shape index (κ2) is 9.69. The Labute approximate surface area is 178 Å². The molecule has 0 aliphatic carbocycles. The van der Waals surface area contributed by atoms with Crippen molar-refractivity contribution in [2.45, 2.75) is 19.8 Å². The highest BCUT2D eigenvalue weighted by atomic mass is 79.9. The van der Waals surface area contributed by atoms with Crippen LogP contribution < -0.4 is 4.74 Å². The van der Waals surface area contributed by atoms with E-state index in [1.54, 1.807) is 29.2 Å². The highest BCUT2D eigenvalue weighted by Gasteiger charge is 2.23. The molecule has 6 nitrogen and oxygen atoms in total. The van der Waals surface area contributed by atoms with E-state index in [-0.39, 0.29) is 11.8 Å². The van der Waals surface area contributed by atoms with Crippen LogP contribution in [0.4, 0.5) is 0 Å². The van der Waals surface area contributed by atoms with Crippen LogP contribution in [0.3, 0.4) is 0 Å². The van der Waals surface area contributed by atoms with Crippen molar-refractivity contribution in [3.63, 3.8) is 0 Å². The Balaban J connectivity index is 1.62. The van der Waals surface area contributed by atoms with Crippen molar-refractivity contribution in [3.8, 4) is 5.75 Å². The number of esters is 1. The van der Waals surface area contributed by atoms with Gasteiger partial charge in [0.2, 0.25) is 5.91 Å². The number of amides is 2. The third-order valence-corrected chi connectivity index (χ3v) is 5.55. The van der Waals surface area contributed by atoms with Crippen LogP contribution in [0.25, 0.3) is 0 Å². The molecule has 0 aromatic heterocycles. The highest BCUT2D eigenvalue weighted by Crippen LogP contribution is 2.19. The summed E-state index contributed by atoms with van der Waals surface area (Å²) in [6.07, 6.45) is 1.05. The summed E-state index contributed by atoms with van der Waals surface area (Å²) in [5, 5.41) is 0. The van der Waals surface area contributed by atoms with Crippen LogP contribution in [0.5, 0.6) is 5.75 Å². The highest BCUT2D eigenvalue weighted by molar-refractivity contribution is 9.10. The molecule has 2 aromatic rings. The van der Waals surface area contributed by atoms with Crippen LogP contribution in [-0.2, 0) is 16.0 Å². The lowest BCUT2D eigenvalue weighted by molar-refractivity contribution is -0.132. The van der Waals surface area contributed by atoms with Gasteiger partial charge < -0.3 is 14.5 Å². The molecular formula is C22H23BrN2O4. The Bertz CT molecular complexity index is 915. The first-order chi connectivity index (χ1) is 13.9. The molecule has 1 fully saturated rings. The molecule has 1 saturated heterocycles. The molecule has 0 atom stereocenters. The average molecular weight is 459 g/mol. The summed E-state index contributed by atoms with van der Waals surface area (Å²) in [5.41, 5.74) is 1.42. The maximum absolute atomic E-state index is 12.9. The first-order valence-corrected chi connectivity index (χ1v) is 10.3. The summed E-state index contributed by atoms with van der Waals surface area (Å²) in [6.45, 7) is 3.50. The molecule has 7 heteroatoms. The molecule has 0 radical (unpaired) electrons. The van der Waals surface area contributed by atoms with E-state index in [9.17, 15) is 14.4 Å². The number of hydrogen-bond acceptors (Lipinski definition) is 4. The largest absolute Gasteiger partial charge is 0.427 e. The van der Waals surface area contributed by atoms with Crippen molar-refractivity contribution in [1.29, 1.82) is 0 Å². The first kappa shape index (κ1) is 21.0. The zero-order chi connectivity index (χ0) is 20.8. The summed E-state index contributed by atoms with van der Waals surface area (Å²) in [4.78, 5) is 40.3. The van der Waals surface area contributed by atoms with Crippen molar-refractivity contribution >= 4 is 33.7 Å². The van der Waals surface area contributed by atoms with E-state index in [1.165, 1.54) is 6.92 Å². The summed E-state index contributed by atoms with van der Waals surface area (Å²) >= 11 is 3.48. The molecule has 1 heterocycles. The second-order valence-corrected chi connectivity index (χ2v) is 7.77. The van der Waals surface area contributed by atoms with Crippen LogP contribution in [0.1, 0.15) is 29.3 Å². The topological polar surface area (TPSA) is 66.9 Å². The van der Waals surface area contributed by atoms with Gasteiger partial charge in [-0.3, -0.25) is 14.4 Å². The number of nitrogens with zero attached hydrogens (tertiary/aromatic N) is 2. The van der Waals surface area contributed by atoms with Gasteiger partial charge in [-0.25, -0.2) is 0 Å². The smallest absolute Gasteiger partial charge is 0.308 e. The number of hydrogen-bond donors (Lipinski definition) is 0. The van der Waals surface area contributed by atoms with E-state index in [4.69, 9.17) is 4.74 Å². The van der Waals surface area contributed by atoms with Crippen LogP contribution in [-0.4, -0.2) is 53.8 Å². The second-order valence-electron chi connectivity index (χ2n) is 6.92. The average Bonchev–Trinajstić information content (AvgIpc) is 2.95. The Hall–Kier alpha value is -2.67. The van der Waals surface area contributed by atoms with Gasteiger partial charge in [-0.05, 0) is 36.2 Å². The van der Waals surface area contributed by atoms with E-state index in [2.05, 4.69) is 15.9 Å². The predicted molar refractivity (Wildman–Crippen MR) is 113 cm³/mol. The maximum atomic E-state index is 12.9. The molecule has 152 valence electrons. The van der Waals surface area contributed by atoms with Gasteiger partial charge in [0.1, 0.15) is 5.75 Å². The SMILES string of the molecule is CC(=O)Oc1cccc(C(=O)N2CCCN(C(=O)Cc3ccccc3Br)CC2)c1. The van der Waals surface area contributed by atoms with E-state index >= 15 is 0 Å². The van der Waals surface area contributed by atoms with Gasteiger partial charge in [-0.2, -0.15) is 0 Å². The third kappa shape index (κ3) is 5.67. The maximum Gasteiger partial charge on any atom is 0.308 e. The Morgan fingerprint density at radius 2 is 1.69 bits per heavy atom. The Morgan fingerprint density at radius 1 is 0.966 bits per heavy atom. The molecule has 0 spiro atoms. The lowest BCUT2D eigenvalue weighted by atomic mass is 10.1. The number of ether oxygens (including phenoxy) is 1. The van der Waals surface area contributed by atoms with Gasteiger partial charge in [-0.15, -0.1) is 0 Å². The monoisotopic (exact) mass is 458 g/mol. The first-order valence-electron chi connectivity index (χ1n) is 9.53. The molecule has 0 unspecified atom stereocenters. The lowest BCUT2D eigenvalue weighted by Crippen LogP contribution is -2.38. The minimum Gasteiger partial charge on any atom is -0.427 e. The third-order valence-electron chi connectivity index (χ3n) is 4.78. The van der Waals surface area contributed by atoms with E-state index in [1.807, 2.05) is 29.2 Å². The van der Waals surface area contributed by atoms with Crippen molar-refractivity contribution < 1.29 is 19.1 Å². The van der Waals surface area contributed by atoms with Crippen molar-refractivity contribution in [2.24, 2.45) is 0 Å².